The molecule has 0 radical (unpaired) electrons. The van der Waals surface area contributed by atoms with Gasteiger partial charge in [0.2, 0.25) is 5.91 Å². The van der Waals surface area contributed by atoms with Gasteiger partial charge in [0.15, 0.2) is 0 Å². The molecule has 2 aromatic carbocycles. The maximum atomic E-state index is 12.9. The predicted octanol–water partition coefficient (Wildman–Crippen LogP) is 4.61. The molecular weight excluding hydrogens is 448 g/mol. The van der Waals surface area contributed by atoms with Crippen LogP contribution in [-0.2, 0) is 11.3 Å². The molecule has 0 saturated heterocycles. The first-order valence-corrected chi connectivity index (χ1v) is 11.0. The largest absolute Gasteiger partial charge is 0.340 e. The molecule has 1 N–H and O–H groups in total. The van der Waals surface area contributed by atoms with E-state index in [1.165, 1.54) is 0 Å². The summed E-state index contributed by atoms with van der Waals surface area (Å²) in [6.45, 7) is 0.455. The van der Waals surface area contributed by atoms with Gasteiger partial charge in [-0.1, -0.05) is 35.9 Å². The van der Waals surface area contributed by atoms with Crippen molar-refractivity contribution in [1.29, 1.82) is 0 Å². The molecule has 7 heteroatoms. The molecule has 2 aromatic rings. The van der Waals surface area contributed by atoms with E-state index in [1.54, 1.807) is 54.0 Å². The zero-order valence-electron chi connectivity index (χ0n) is 15.2. The Morgan fingerprint density at radius 2 is 1.85 bits per heavy atom. The van der Waals surface area contributed by atoms with Crippen LogP contribution in [0.15, 0.2) is 53.0 Å². The van der Waals surface area contributed by atoms with Crippen molar-refractivity contribution in [3.63, 3.8) is 0 Å². The number of thioether (sulfide) groups is 1. The van der Waals surface area contributed by atoms with Crippen LogP contribution in [0.4, 0.5) is 0 Å². The maximum Gasteiger partial charge on any atom is 0.253 e. The number of carbonyl (C=O) groups excluding carboxylic acids is 2. The third kappa shape index (κ3) is 6.55. The Morgan fingerprint density at radius 1 is 1.19 bits per heavy atom. The molecule has 0 bridgehead atoms. The molecule has 144 valence electrons. The standard InChI is InChI=1S/C20H22BrClN2O2S/c1-24(13-14-7-9-15(22)10-8-14)20(26)18(11-12-27-2)23-19(25)16-5-3-4-6-17(16)21/h3-10,18H,11-13H2,1-2H3,(H,23,25). The summed E-state index contributed by atoms with van der Waals surface area (Å²) in [6.07, 6.45) is 2.55. The molecule has 0 spiro atoms. The Labute approximate surface area is 177 Å². The Morgan fingerprint density at radius 3 is 2.48 bits per heavy atom. The van der Waals surface area contributed by atoms with E-state index in [0.717, 1.165) is 11.3 Å². The van der Waals surface area contributed by atoms with Gasteiger partial charge in [-0.25, -0.2) is 0 Å². The van der Waals surface area contributed by atoms with E-state index in [2.05, 4.69) is 21.2 Å². The minimum atomic E-state index is -0.575. The second-order valence-corrected chi connectivity index (χ2v) is 8.38. The van der Waals surface area contributed by atoms with Crippen LogP contribution >= 0.6 is 39.3 Å². The quantitative estimate of drug-likeness (QED) is 0.614. The lowest BCUT2D eigenvalue weighted by atomic mass is 10.1. The van der Waals surface area contributed by atoms with Gasteiger partial charge in [-0.15, -0.1) is 0 Å². The van der Waals surface area contributed by atoms with Gasteiger partial charge in [-0.3, -0.25) is 9.59 Å². The van der Waals surface area contributed by atoms with E-state index in [1.807, 2.05) is 24.5 Å². The van der Waals surface area contributed by atoms with Crippen molar-refractivity contribution < 1.29 is 9.59 Å². The zero-order chi connectivity index (χ0) is 19.8. The average molecular weight is 470 g/mol. The molecule has 0 fully saturated rings. The summed E-state index contributed by atoms with van der Waals surface area (Å²) in [5, 5.41) is 3.55. The molecule has 0 aliphatic carbocycles. The number of likely N-dealkylation sites (N-methyl/N-ethyl adjacent to an activating group) is 1. The Hall–Kier alpha value is -1.50. The lowest BCUT2D eigenvalue weighted by Gasteiger charge is -2.25. The van der Waals surface area contributed by atoms with Gasteiger partial charge < -0.3 is 10.2 Å². The number of benzene rings is 2. The summed E-state index contributed by atoms with van der Waals surface area (Å²) < 4.78 is 0.702. The van der Waals surface area contributed by atoms with E-state index in [-0.39, 0.29) is 11.8 Å². The van der Waals surface area contributed by atoms with Crippen molar-refractivity contribution in [2.45, 2.75) is 19.0 Å². The van der Waals surface area contributed by atoms with Gasteiger partial charge in [0.25, 0.3) is 5.91 Å². The number of nitrogens with zero attached hydrogens (tertiary/aromatic N) is 1. The minimum absolute atomic E-state index is 0.112. The summed E-state index contributed by atoms with van der Waals surface area (Å²) in [6, 6.07) is 14.0. The summed E-state index contributed by atoms with van der Waals surface area (Å²) in [4.78, 5) is 27.2. The van der Waals surface area contributed by atoms with Crippen LogP contribution in [0.1, 0.15) is 22.3 Å². The summed E-state index contributed by atoms with van der Waals surface area (Å²) in [7, 11) is 1.74. The van der Waals surface area contributed by atoms with Crippen LogP contribution in [0.2, 0.25) is 5.02 Å². The van der Waals surface area contributed by atoms with Crippen molar-refractivity contribution in [2.24, 2.45) is 0 Å². The first kappa shape index (κ1) is 21.8. The normalized spacial score (nSPS) is 11.7. The molecule has 2 amide bonds. The number of hydrogen-bond donors (Lipinski definition) is 1. The number of rotatable bonds is 8. The summed E-state index contributed by atoms with van der Waals surface area (Å²) in [5.74, 6) is 0.405. The van der Waals surface area contributed by atoms with Gasteiger partial charge in [0.05, 0.1) is 5.56 Å². The van der Waals surface area contributed by atoms with E-state index < -0.39 is 6.04 Å². The second-order valence-electron chi connectivity index (χ2n) is 6.11. The van der Waals surface area contributed by atoms with Gasteiger partial charge in [0.1, 0.15) is 6.04 Å². The second kappa shape index (κ2) is 10.7. The highest BCUT2D eigenvalue weighted by atomic mass is 79.9. The molecular formula is C20H22BrClN2O2S. The van der Waals surface area contributed by atoms with Crippen molar-refractivity contribution in [2.75, 3.05) is 19.1 Å². The SMILES string of the molecule is CSCCC(NC(=O)c1ccccc1Br)C(=O)N(C)Cc1ccc(Cl)cc1. The number of nitrogens with one attached hydrogen (secondary N) is 1. The number of carbonyl (C=O) groups is 2. The fourth-order valence-corrected chi connectivity index (χ4v) is 3.64. The fourth-order valence-electron chi connectivity index (χ4n) is 2.58. The molecule has 0 heterocycles. The molecule has 0 aliphatic rings. The maximum absolute atomic E-state index is 12.9. The number of halogens is 2. The Kier molecular flexibility index (Phi) is 8.67. The molecule has 1 atom stereocenters. The molecule has 27 heavy (non-hydrogen) atoms. The highest BCUT2D eigenvalue weighted by Crippen LogP contribution is 2.17. The van der Waals surface area contributed by atoms with Crippen LogP contribution in [0.25, 0.3) is 0 Å². The van der Waals surface area contributed by atoms with Crippen LogP contribution in [0.3, 0.4) is 0 Å². The van der Waals surface area contributed by atoms with Gasteiger partial charge in [0, 0.05) is 23.1 Å². The molecule has 4 nitrogen and oxygen atoms in total. The average Bonchev–Trinajstić information content (AvgIpc) is 2.66. The predicted molar refractivity (Wildman–Crippen MR) is 116 cm³/mol. The highest BCUT2D eigenvalue weighted by molar-refractivity contribution is 9.10. The van der Waals surface area contributed by atoms with Gasteiger partial charge >= 0.3 is 0 Å². The van der Waals surface area contributed by atoms with Crippen LogP contribution in [-0.4, -0.2) is 41.8 Å². The first-order valence-electron chi connectivity index (χ1n) is 8.46. The third-order valence-electron chi connectivity index (χ3n) is 4.04. The third-order valence-corrected chi connectivity index (χ3v) is 5.63. The van der Waals surface area contributed by atoms with Crippen molar-refractivity contribution in [3.05, 3.63) is 69.2 Å². The van der Waals surface area contributed by atoms with E-state index in [0.29, 0.717) is 28.0 Å². The van der Waals surface area contributed by atoms with Crippen LogP contribution < -0.4 is 5.32 Å². The molecule has 1 unspecified atom stereocenters. The van der Waals surface area contributed by atoms with Gasteiger partial charge in [-0.05, 0) is 64.2 Å². The topological polar surface area (TPSA) is 49.4 Å². The summed E-state index contributed by atoms with van der Waals surface area (Å²) >= 11 is 10.9. The highest BCUT2D eigenvalue weighted by Gasteiger charge is 2.24. The van der Waals surface area contributed by atoms with Crippen molar-refractivity contribution in [1.82, 2.24) is 10.2 Å². The lowest BCUT2D eigenvalue weighted by Crippen LogP contribution is -2.47. The Balaban J connectivity index is 2.09. The fraction of sp³-hybridized carbons (Fsp3) is 0.300. The monoisotopic (exact) mass is 468 g/mol. The smallest absolute Gasteiger partial charge is 0.253 e. The van der Waals surface area contributed by atoms with Crippen LogP contribution in [0, 0.1) is 0 Å². The van der Waals surface area contributed by atoms with Crippen molar-refractivity contribution in [3.8, 4) is 0 Å². The number of amides is 2. The number of hydrogen-bond acceptors (Lipinski definition) is 3. The minimum Gasteiger partial charge on any atom is -0.340 e. The van der Waals surface area contributed by atoms with Gasteiger partial charge in [-0.2, -0.15) is 11.8 Å². The molecule has 0 saturated carbocycles. The molecule has 0 aromatic heterocycles. The van der Waals surface area contributed by atoms with E-state index in [9.17, 15) is 9.59 Å². The Bertz CT molecular complexity index is 786. The van der Waals surface area contributed by atoms with E-state index in [4.69, 9.17) is 11.6 Å². The summed E-state index contributed by atoms with van der Waals surface area (Å²) in [5.41, 5.74) is 1.50. The zero-order valence-corrected chi connectivity index (χ0v) is 18.4. The van der Waals surface area contributed by atoms with Crippen molar-refractivity contribution >= 4 is 51.1 Å². The lowest BCUT2D eigenvalue weighted by molar-refractivity contribution is -0.132. The van der Waals surface area contributed by atoms with Crippen LogP contribution in [0.5, 0.6) is 0 Å². The molecule has 2 rings (SSSR count). The first-order chi connectivity index (χ1) is 12.9. The molecule has 0 aliphatic heterocycles. The van der Waals surface area contributed by atoms with E-state index >= 15 is 0 Å².